The van der Waals surface area contributed by atoms with Crippen LogP contribution >= 0.6 is 12.4 Å². The Kier molecular flexibility index (Phi) is 8.07. The lowest BCUT2D eigenvalue weighted by Gasteiger charge is -2.31. The van der Waals surface area contributed by atoms with Gasteiger partial charge in [0.25, 0.3) is 5.69 Å². The van der Waals surface area contributed by atoms with Gasteiger partial charge in [-0.1, -0.05) is 0 Å². The molecule has 0 amide bonds. The van der Waals surface area contributed by atoms with Gasteiger partial charge in [-0.05, 0) is 50.9 Å². The Morgan fingerprint density at radius 2 is 2.00 bits per heavy atom. The lowest BCUT2D eigenvalue weighted by Crippen LogP contribution is -2.39. The topological polar surface area (TPSA) is 102 Å². The van der Waals surface area contributed by atoms with Crippen molar-refractivity contribution in [2.45, 2.75) is 24.2 Å². The third-order valence-electron chi connectivity index (χ3n) is 4.36. The Morgan fingerprint density at radius 3 is 2.52 bits per heavy atom. The van der Waals surface area contributed by atoms with Crippen LogP contribution in [-0.2, 0) is 10.0 Å². The highest BCUT2D eigenvalue weighted by molar-refractivity contribution is 7.89. The van der Waals surface area contributed by atoms with Gasteiger partial charge in [-0.3, -0.25) is 10.1 Å². The average Bonchev–Trinajstić information content (AvgIpc) is 2.59. The molecule has 142 valence electrons. The van der Waals surface area contributed by atoms with Crippen LogP contribution in [0.3, 0.4) is 0 Å². The number of nitrogens with zero attached hydrogens (tertiary/aromatic N) is 2. The minimum atomic E-state index is -3.89. The molecule has 0 spiro atoms. The monoisotopic (exact) mass is 393 g/mol. The summed E-state index contributed by atoms with van der Waals surface area (Å²) in [5, 5.41) is 14.3. The number of benzene rings is 1. The van der Waals surface area contributed by atoms with Gasteiger partial charge in [-0.15, -0.1) is 12.4 Å². The van der Waals surface area contributed by atoms with Gasteiger partial charge in [-0.25, -0.2) is 8.42 Å². The van der Waals surface area contributed by atoms with Gasteiger partial charge >= 0.3 is 0 Å². The second-order valence-corrected chi connectivity index (χ2v) is 7.74. The maximum Gasteiger partial charge on any atom is 0.293 e. The van der Waals surface area contributed by atoms with Crippen molar-refractivity contribution in [1.82, 2.24) is 9.62 Å². The molecule has 1 saturated heterocycles. The van der Waals surface area contributed by atoms with E-state index in [-0.39, 0.29) is 23.1 Å². The molecule has 8 nitrogen and oxygen atoms in total. The zero-order valence-electron chi connectivity index (χ0n) is 14.3. The van der Waals surface area contributed by atoms with E-state index < -0.39 is 20.6 Å². The summed E-state index contributed by atoms with van der Waals surface area (Å²) in [6.07, 6.45) is 2.54. The van der Waals surface area contributed by atoms with E-state index in [9.17, 15) is 18.5 Å². The first-order chi connectivity index (χ1) is 11.4. The minimum Gasteiger partial charge on any atom is -0.497 e. The molecule has 1 aromatic carbocycles. The fraction of sp³-hybridized carbons (Fsp3) is 0.600. The maximum absolute atomic E-state index is 12.8. The number of halogens is 1. The van der Waals surface area contributed by atoms with E-state index >= 15 is 0 Å². The fourth-order valence-corrected chi connectivity index (χ4v) is 4.52. The zero-order chi connectivity index (χ0) is 17.7. The summed E-state index contributed by atoms with van der Waals surface area (Å²) in [6.45, 7) is 1.68. The SMILES string of the molecule is CNCCC1CCN(S(=O)(=O)c2ccc(OC)cc2[N+](=O)[O-])CC1.Cl. The van der Waals surface area contributed by atoms with Crippen molar-refractivity contribution in [3.8, 4) is 5.75 Å². The van der Waals surface area contributed by atoms with Crippen molar-refractivity contribution in [1.29, 1.82) is 0 Å². The van der Waals surface area contributed by atoms with E-state index in [0.717, 1.165) is 31.9 Å². The molecule has 0 aliphatic carbocycles. The summed E-state index contributed by atoms with van der Waals surface area (Å²) in [4.78, 5) is 10.3. The molecule has 0 atom stereocenters. The van der Waals surface area contributed by atoms with Crippen LogP contribution in [0.4, 0.5) is 5.69 Å². The Labute approximate surface area is 154 Å². The molecule has 10 heteroatoms. The van der Waals surface area contributed by atoms with Crippen LogP contribution < -0.4 is 10.1 Å². The highest BCUT2D eigenvalue weighted by atomic mass is 35.5. The number of piperidine rings is 1. The number of sulfonamides is 1. The number of methoxy groups -OCH3 is 1. The number of nitrogens with one attached hydrogen (secondary N) is 1. The summed E-state index contributed by atoms with van der Waals surface area (Å²) < 4.78 is 31.9. The van der Waals surface area contributed by atoms with Crippen LogP contribution in [0.1, 0.15) is 19.3 Å². The lowest BCUT2D eigenvalue weighted by molar-refractivity contribution is -0.387. The molecule has 0 bridgehead atoms. The highest BCUT2D eigenvalue weighted by Crippen LogP contribution is 2.32. The molecule has 1 N–H and O–H groups in total. The standard InChI is InChI=1S/C15H23N3O5S.ClH/c1-16-8-5-12-6-9-17(10-7-12)24(21,22)15-4-3-13(23-2)11-14(15)18(19)20;/h3-4,11-12,16H,5-10H2,1-2H3;1H. The van der Waals surface area contributed by atoms with Gasteiger partial charge in [0.15, 0.2) is 4.90 Å². The van der Waals surface area contributed by atoms with Crippen LogP contribution in [-0.4, -0.2) is 51.4 Å². The first-order valence-electron chi connectivity index (χ1n) is 7.87. The number of ether oxygens (including phenoxy) is 1. The zero-order valence-corrected chi connectivity index (χ0v) is 15.9. The van der Waals surface area contributed by atoms with Gasteiger partial charge in [-0.2, -0.15) is 4.31 Å². The van der Waals surface area contributed by atoms with E-state index in [1.54, 1.807) is 0 Å². The Morgan fingerprint density at radius 1 is 1.36 bits per heavy atom. The van der Waals surface area contributed by atoms with E-state index in [1.807, 2.05) is 7.05 Å². The molecule has 25 heavy (non-hydrogen) atoms. The van der Waals surface area contributed by atoms with Crippen molar-refractivity contribution in [3.63, 3.8) is 0 Å². The van der Waals surface area contributed by atoms with E-state index in [2.05, 4.69) is 5.32 Å². The minimum absolute atomic E-state index is 0. The number of nitro groups is 1. The van der Waals surface area contributed by atoms with Crippen molar-refractivity contribution in [3.05, 3.63) is 28.3 Å². The lowest BCUT2D eigenvalue weighted by atomic mass is 9.95. The summed E-state index contributed by atoms with van der Waals surface area (Å²) in [6, 6.07) is 3.82. The molecule has 2 rings (SSSR count). The number of hydrogen-bond donors (Lipinski definition) is 1. The van der Waals surface area contributed by atoms with E-state index in [4.69, 9.17) is 4.74 Å². The van der Waals surface area contributed by atoms with Gasteiger partial charge in [0.05, 0.1) is 18.1 Å². The van der Waals surface area contributed by atoms with Crippen molar-refractivity contribution < 1.29 is 18.1 Å². The van der Waals surface area contributed by atoms with Crippen LogP contribution in [0.25, 0.3) is 0 Å². The summed E-state index contributed by atoms with van der Waals surface area (Å²) in [5.74, 6) is 0.737. The average molecular weight is 394 g/mol. The number of nitro benzene ring substituents is 1. The predicted octanol–water partition coefficient (Wildman–Crippen LogP) is 2.04. The molecule has 0 radical (unpaired) electrons. The van der Waals surface area contributed by atoms with Gasteiger partial charge in [0, 0.05) is 13.1 Å². The molecule has 0 aromatic heterocycles. The largest absolute Gasteiger partial charge is 0.497 e. The predicted molar refractivity (Wildman–Crippen MR) is 96.9 cm³/mol. The smallest absolute Gasteiger partial charge is 0.293 e. The second kappa shape index (κ2) is 9.33. The molecule has 0 saturated carbocycles. The third kappa shape index (κ3) is 5.04. The number of rotatable bonds is 7. The Balaban J connectivity index is 0.00000312. The first kappa shape index (κ1) is 21.6. The molecular formula is C15H24ClN3O5S. The van der Waals surface area contributed by atoms with Gasteiger partial charge in [0.1, 0.15) is 5.75 Å². The van der Waals surface area contributed by atoms with Crippen LogP contribution in [0.5, 0.6) is 5.75 Å². The highest BCUT2D eigenvalue weighted by Gasteiger charge is 2.34. The molecule has 0 unspecified atom stereocenters. The normalized spacial score (nSPS) is 16.2. The number of hydrogen-bond acceptors (Lipinski definition) is 6. The van der Waals surface area contributed by atoms with Crippen LogP contribution in [0.2, 0.25) is 0 Å². The van der Waals surface area contributed by atoms with Crippen LogP contribution in [0, 0.1) is 16.0 Å². The Bertz CT molecular complexity index is 690. The Hall–Kier alpha value is -1.42. The molecular weight excluding hydrogens is 370 g/mol. The third-order valence-corrected chi connectivity index (χ3v) is 6.30. The quantitative estimate of drug-likeness (QED) is 0.561. The van der Waals surface area contributed by atoms with Gasteiger partial charge < -0.3 is 10.1 Å². The fourth-order valence-electron chi connectivity index (χ4n) is 2.91. The van der Waals surface area contributed by atoms with Crippen molar-refractivity contribution in [2.75, 3.05) is 33.8 Å². The van der Waals surface area contributed by atoms with E-state index in [0.29, 0.717) is 19.0 Å². The molecule has 1 heterocycles. The summed E-state index contributed by atoms with van der Waals surface area (Å²) >= 11 is 0. The molecule has 1 fully saturated rings. The maximum atomic E-state index is 12.8. The summed E-state index contributed by atoms with van der Waals surface area (Å²) in [7, 11) is -0.617. The van der Waals surface area contributed by atoms with Crippen molar-refractivity contribution >= 4 is 28.1 Å². The molecule has 1 aliphatic heterocycles. The van der Waals surface area contributed by atoms with Crippen molar-refractivity contribution in [2.24, 2.45) is 5.92 Å². The van der Waals surface area contributed by atoms with Crippen LogP contribution in [0.15, 0.2) is 23.1 Å². The van der Waals surface area contributed by atoms with E-state index in [1.165, 1.54) is 23.5 Å². The first-order valence-corrected chi connectivity index (χ1v) is 9.31. The molecule has 1 aliphatic rings. The van der Waals surface area contributed by atoms with Gasteiger partial charge in [0.2, 0.25) is 10.0 Å². The second-order valence-electron chi connectivity index (χ2n) is 5.83. The molecule has 1 aromatic rings. The summed E-state index contributed by atoms with van der Waals surface area (Å²) in [5.41, 5.74) is -0.452.